The van der Waals surface area contributed by atoms with Crippen LogP contribution in [0, 0.1) is 0 Å². The lowest BCUT2D eigenvalue weighted by molar-refractivity contribution is -0.113. The van der Waals surface area contributed by atoms with Crippen LogP contribution < -0.4 is 14.4 Å². The van der Waals surface area contributed by atoms with Crippen molar-refractivity contribution in [2.45, 2.75) is 0 Å². The number of ether oxygens (including phenoxy) is 2. The van der Waals surface area contributed by atoms with E-state index in [1.807, 2.05) is 66.7 Å². The molecule has 3 aromatic rings. The molecule has 0 bridgehead atoms. The Labute approximate surface area is 183 Å². The molecule has 2 heterocycles. The highest BCUT2D eigenvalue weighted by Crippen LogP contribution is 2.36. The van der Waals surface area contributed by atoms with E-state index in [2.05, 4.69) is 20.9 Å². The zero-order chi connectivity index (χ0) is 21.1. The first-order chi connectivity index (χ1) is 14.6. The first-order valence-electron chi connectivity index (χ1n) is 9.27. The number of pyridine rings is 1. The quantitative estimate of drug-likeness (QED) is 0.480. The van der Waals surface area contributed by atoms with Gasteiger partial charge in [-0.3, -0.25) is 9.69 Å². The van der Waals surface area contributed by atoms with Gasteiger partial charge in [0.2, 0.25) is 5.88 Å². The molecule has 1 amide bonds. The molecule has 0 saturated heterocycles. The third-order valence-electron chi connectivity index (χ3n) is 4.74. The van der Waals surface area contributed by atoms with Crippen LogP contribution in [0.3, 0.4) is 0 Å². The molecule has 0 N–H and O–H groups in total. The molecule has 1 aromatic heterocycles. The number of anilines is 1. The van der Waals surface area contributed by atoms with Gasteiger partial charge in [0.05, 0.1) is 36.3 Å². The smallest absolute Gasteiger partial charge is 0.263 e. The fourth-order valence-corrected chi connectivity index (χ4v) is 3.83. The largest absolute Gasteiger partial charge is 0.496 e. The van der Waals surface area contributed by atoms with Crippen LogP contribution in [-0.2, 0) is 4.79 Å². The van der Waals surface area contributed by atoms with Crippen molar-refractivity contribution in [1.82, 2.24) is 4.98 Å². The van der Waals surface area contributed by atoms with Gasteiger partial charge in [-0.05, 0) is 57.4 Å². The molecule has 0 fully saturated rings. The number of nitrogens with zero attached hydrogens (tertiary/aromatic N) is 2. The van der Waals surface area contributed by atoms with Crippen LogP contribution in [0.25, 0.3) is 11.8 Å². The van der Waals surface area contributed by atoms with Gasteiger partial charge in [0, 0.05) is 11.6 Å². The first-order valence-corrected chi connectivity index (χ1v) is 10.1. The monoisotopic (exact) mass is 462 g/mol. The van der Waals surface area contributed by atoms with E-state index in [0.29, 0.717) is 17.1 Å². The van der Waals surface area contributed by atoms with Crippen LogP contribution in [0.4, 0.5) is 5.69 Å². The Balaban J connectivity index is 1.78. The Morgan fingerprint density at radius 2 is 1.80 bits per heavy atom. The summed E-state index contributed by atoms with van der Waals surface area (Å²) in [6.45, 7) is 0. The summed E-state index contributed by atoms with van der Waals surface area (Å²) < 4.78 is 11.3. The van der Waals surface area contributed by atoms with Crippen molar-refractivity contribution in [3.8, 4) is 11.6 Å². The lowest BCUT2D eigenvalue weighted by Gasteiger charge is -2.20. The predicted molar refractivity (Wildman–Crippen MR) is 121 cm³/mol. The number of aromatic nitrogens is 1. The molecule has 2 aromatic carbocycles. The fourth-order valence-electron chi connectivity index (χ4n) is 3.27. The van der Waals surface area contributed by atoms with Crippen LogP contribution in [0.15, 0.2) is 83.0 Å². The molecule has 0 aliphatic carbocycles. The zero-order valence-electron chi connectivity index (χ0n) is 16.5. The lowest BCUT2D eigenvalue weighted by Crippen LogP contribution is -2.25. The number of hydrogen-bond acceptors (Lipinski definition) is 4. The summed E-state index contributed by atoms with van der Waals surface area (Å²) in [5, 5.41) is 0. The van der Waals surface area contributed by atoms with Gasteiger partial charge in [-0.2, -0.15) is 0 Å². The van der Waals surface area contributed by atoms with Crippen LogP contribution in [0.5, 0.6) is 11.6 Å². The predicted octanol–water partition coefficient (Wildman–Crippen LogP) is 5.33. The van der Waals surface area contributed by atoms with Crippen LogP contribution >= 0.6 is 15.9 Å². The highest BCUT2D eigenvalue weighted by atomic mass is 79.9. The van der Waals surface area contributed by atoms with Gasteiger partial charge in [0.25, 0.3) is 5.91 Å². The second-order valence-corrected chi connectivity index (χ2v) is 7.44. The van der Waals surface area contributed by atoms with Crippen LogP contribution in [-0.4, -0.2) is 25.1 Å². The third kappa shape index (κ3) is 3.86. The van der Waals surface area contributed by atoms with E-state index in [0.717, 1.165) is 27.0 Å². The van der Waals surface area contributed by atoms with Crippen molar-refractivity contribution in [3.63, 3.8) is 0 Å². The number of benzene rings is 2. The first kappa shape index (κ1) is 19.9. The molecular weight excluding hydrogens is 444 g/mol. The Morgan fingerprint density at radius 1 is 1.00 bits per heavy atom. The minimum absolute atomic E-state index is 0.118. The van der Waals surface area contributed by atoms with E-state index in [9.17, 15) is 4.79 Å². The number of amides is 1. The van der Waals surface area contributed by atoms with Gasteiger partial charge in [-0.15, -0.1) is 0 Å². The van der Waals surface area contributed by atoms with E-state index in [-0.39, 0.29) is 5.91 Å². The Morgan fingerprint density at radius 3 is 2.43 bits per heavy atom. The van der Waals surface area contributed by atoms with E-state index >= 15 is 0 Å². The van der Waals surface area contributed by atoms with Gasteiger partial charge in [-0.1, -0.05) is 36.4 Å². The second-order valence-electron chi connectivity index (χ2n) is 6.59. The zero-order valence-corrected chi connectivity index (χ0v) is 18.1. The highest BCUT2D eigenvalue weighted by molar-refractivity contribution is 9.10. The Hall–Kier alpha value is -3.38. The molecule has 5 nitrogen and oxygen atoms in total. The normalized spacial score (nSPS) is 14.8. The molecule has 1 aliphatic heterocycles. The Bertz CT molecular complexity index is 1140. The summed E-state index contributed by atoms with van der Waals surface area (Å²) in [7, 11) is 3.18. The van der Waals surface area contributed by atoms with Gasteiger partial charge in [0.15, 0.2) is 0 Å². The van der Waals surface area contributed by atoms with E-state index in [1.165, 1.54) is 0 Å². The van der Waals surface area contributed by atoms with Crippen molar-refractivity contribution in [1.29, 1.82) is 0 Å². The molecule has 1 aliphatic rings. The Kier molecular flexibility index (Phi) is 5.68. The van der Waals surface area contributed by atoms with E-state index in [1.54, 1.807) is 31.4 Å². The molecule has 0 saturated carbocycles. The SMILES string of the molecule is COc1ccc(N2C(=O)/C(=C/c3ccc(OC)c(Br)c3)C=C2c2ccccc2)cn1. The maximum Gasteiger partial charge on any atom is 0.263 e. The van der Waals surface area contributed by atoms with Gasteiger partial charge < -0.3 is 9.47 Å². The molecular formula is C24H19BrN2O3. The van der Waals surface area contributed by atoms with Gasteiger partial charge in [0.1, 0.15) is 5.75 Å². The summed E-state index contributed by atoms with van der Waals surface area (Å²) in [6.07, 6.45) is 5.41. The number of carbonyl (C=O) groups is 1. The van der Waals surface area contributed by atoms with E-state index in [4.69, 9.17) is 9.47 Å². The summed E-state index contributed by atoms with van der Waals surface area (Å²) in [5.74, 6) is 1.11. The number of hydrogen-bond donors (Lipinski definition) is 0. The summed E-state index contributed by atoms with van der Waals surface area (Å²) >= 11 is 3.50. The number of carbonyl (C=O) groups excluding carboxylic acids is 1. The average molecular weight is 463 g/mol. The maximum absolute atomic E-state index is 13.4. The molecule has 0 spiro atoms. The van der Waals surface area contributed by atoms with E-state index < -0.39 is 0 Å². The molecule has 6 heteroatoms. The lowest BCUT2D eigenvalue weighted by atomic mass is 10.1. The highest BCUT2D eigenvalue weighted by Gasteiger charge is 2.30. The minimum atomic E-state index is -0.118. The topological polar surface area (TPSA) is 51.7 Å². The third-order valence-corrected chi connectivity index (χ3v) is 5.36. The molecule has 150 valence electrons. The number of rotatable bonds is 5. The van der Waals surface area contributed by atoms with Crippen LogP contribution in [0.1, 0.15) is 11.1 Å². The fraction of sp³-hybridized carbons (Fsp3) is 0.0833. The molecule has 0 atom stereocenters. The number of methoxy groups -OCH3 is 2. The molecule has 0 unspecified atom stereocenters. The molecule has 0 radical (unpaired) electrons. The second kappa shape index (κ2) is 8.55. The van der Waals surface area contributed by atoms with Crippen molar-refractivity contribution in [2.75, 3.05) is 19.1 Å². The van der Waals surface area contributed by atoms with Crippen molar-refractivity contribution < 1.29 is 14.3 Å². The summed E-state index contributed by atoms with van der Waals surface area (Å²) in [6, 6.07) is 19.1. The van der Waals surface area contributed by atoms with Crippen LogP contribution in [0.2, 0.25) is 0 Å². The number of halogens is 1. The standard InChI is InChI=1S/C24H19BrN2O3/c1-29-22-10-8-16(13-20(22)25)12-18-14-21(17-6-4-3-5-7-17)27(24(18)28)19-9-11-23(30-2)26-15-19/h3-15H,1-2H3/b18-12+. The minimum Gasteiger partial charge on any atom is -0.496 e. The maximum atomic E-state index is 13.4. The summed E-state index contributed by atoms with van der Waals surface area (Å²) in [4.78, 5) is 19.3. The van der Waals surface area contributed by atoms with Gasteiger partial charge in [-0.25, -0.2) is 4.98 Å². The van der Waals surface area contributed by atoms with Crippen molar-refractivity contribution >= 4 is 39.3 Å². The average Bonchev–Trinajstić information content (AvgIpc) is 3.10. The summed E-state index contributed by atoms with van der Waals surface area (Å²) in [5.41, 5.74) is 3.90. The van der Waals surface area contributed by atoms with Crippen molar-refractivity contribution in [2.24, 2.45) is 0 Å². The molecule has 4 rings (SSSR count). The molecule has 30 heavy (non-hydrogen) atoms. The van der Waals surface area contributed by atoms with Crippen molar-refractivity contribution in [3.05, 3.63) is 94.1 Å². The van der Waals surface area contributed by atoms with Gasteiger partial charge >= 0.3 is 0 Å².